The number of aromatic nitrogens is 1. The van der Waals surface area contributed by atoms with Gasteiger partial charge in [-0.05, 0) is 30.8 Å². The summed E-state index contributed by atoms with van der Waals surface area (Å²) < 4.78 is 0.409. The summed E-state index contributed by atoms with van der Waals surface area (Å²) >= 11 is 12.1. The third-order valence-corrected chi connectivity index (χ3v) is 4.57. The fourth-order valence-electron chi connectivity index (χ4n) is 2.00. The van der Waals surface area contributed by atoms with Crippen molar-refractivity contribution in [2.75, 3.05) is 0 Å². The van der Waals surface area contributed by atoms with Crippen molar-refractivity contribution in [1.82, 2.24) is 4.98 Å². The number of carbonyl (C=O) groups excluding carboxylic acids is 1. The number of halogens is 1. The molecule has 0 aliphatic carbocycles. The maximum absolute atomic E-state index is 12.1. The molecule has 4 nitrogen and oxygen atoms in total. The van der Waals surface area contributed by atoms with Crippen LogP contribution in [0.5, 0.6) is 5.88 Å². The first kappa shape index (κ1) is 12.5. The number of hydrogen-bond acceptors (Lipinski definition) is 4. The highest BCUT2D eigenvalue weighted by atomic mass is 35.5. The van der Waals surface area contributed by atoms with E-state index in [0.29, 0.717) is 30.0 Å². The summed E-state index contributed by atoms with van der Waals surface area (Å²) in [7, 11) is 0. The lowest BCUT2D eigenvalue weighted by Gasteiger charge is -1.97. The van der Waals surface area contributed by atoms with E-state index in [1.54, 1.807) is 19.1 Å². The number of nitrogens with one attached hydrogen (secondary N) is 1. The van der Waals surface area contributed by atoms with Gasteiger partial charge in [0.1, 0.15) is 4.88 Å². The van der Waals surface area contributed by atoms with E-state index in [9.17, 15) is 9.90 Å². The van der Waals surface area contributed by atoms with Gasteiger partial charge in [-0.15, -0.1) is 11.3 Å². The molecule has 0 atom stereocenters. The van der Waals surface area contributed by atoms with Crippen LogP contribution in [-0.2, 0) is 4.79 Å². The Morgan fingerprint density at radius 3 is 2.84 bits per heavy atom. The highest BCUT2D eigenvalue weighted by molar-refractivity contribution is 7.73. The monoisotopic (exact) mass is 310 g/mol. The quantitative estimate of drug-likeness (QED) is 0.790. The van der Waals surface area contributed by atoms with Crippen LogP contribution in [0.1, 0.15) is 10.4 Å². The Morgan fingerprint density at radius 2 is 2.21 bits per heavy atom. The van der Waals surface area contributed by atoms with Crippen LogP contribution >= 0.6 is 35.2 Å². The standard InChI is InChI=1S/C12H7ClN2O2S2/c1-4-6(13)3-2-5-7(10(16)14-8(4)5)9-11(17)15-12(18)19-9/h2-3,17H,1H3,(H,15,18). The second kappa shape index (κ2) is 4.26. The normalized spacial score (nSPS) is 13.6. The van der Waals surface area contributed by atoms with Crippen molar-refractivity contribution in [3.8, 4) is 5.88 Å². The van der Waals surface area contributed by atoms with Crippen LogP contribution in [0.15, 0.2) is 17.1 Å². The molecule has 0 saturated heterocycles. The summed E-state index contributed by atoms with van der Waals surface area (Å²) in [5, 5.41) is 11.6. The Hall–Kier alpha value is -1.50. The molecule has 2 heterocycles. The second-order valence-electron chi connectivity index (χ2n) is 4.05. The Kier molecular flexibility index (Phi) is 2.81. The SMILES string of the molecule is Cc1c(Cl)ccc2c1=NC(=O)C=2c1sc(=S)[nH]c1O. The summed E-state index contributed by atoms with van der Waals surface area (Å²) in [5.41, 5.74) is 1.12. The van der Waals surface area contributed by atoms with Crippen molar-refractivity contribution in [3.63, 3.8) is 0 Å². The van der Waals surface area contributed by atoms with Crippen LogP contribution in [-0.4, -0.2) is 16.0 Å². The first-order valence-electron chi connectivity index (χ1n) is 5.34. The third kappa shape index (κ3) is 1.83. The van der Waals surface area contributed by atoms with Gasteiger partial charge in [-0.3, -0.25) is 4.79 Å². The molecule has 0 bridgehead atoms. The van der Waals surface area contributed by atoms with Crippen LogP contribution in [0.4, 0.5) is 0 Å². The number of H-pyrrole nitrogens is 1. The summed E-state index contributed by atoms with van der Waals surface area (Å²) in [5.74, 6) is -0.491. The Bertz CT molecular complexity index is 895. The van der Waals surface area contributed by atoms with Crippen LogP contribution in [0.25, 0.3) is 5.57 Å². The maximum atomic E-state index is 12.1. The predicted molar refractivity (Wildman–Crippen MR) is 75.7 cm³/mol. The molecule has 0 radical (unpaired) electrons. The summed E-state index contributed by atoms with van der Waals surface area (Å²) in [6.07, 6.45) is 0. The zero-order valence-electron chi connectivity index (χ0n) is 9.65. The zero-order chi connectivity index (χ0) is 13.7. The fourth-order valence-corrected chi connectivity index (χ4v) is 3.28. The smallest absolute Gasteiger partial charge is 0.279 e. The van der Waals surface area contributed by atoms with Crippen LogP contribution in [0, 0.1) is 10.9 Å². The van der Waals surface area contributed by atoms with E-state index in [1.165, 1.54) is 0 Å². The molecule has 0 fully saturated rings. The average Bonchev–Trinajstić information content (AvgIpc) is 2.84. The van der Waals surface area contributed by atoms with E-state index in [4.69, 9.17) is 23.8 Å². The van der Waals surface area contributed by atoms with Gasteiger partial charge >= 0.3 is 0 Å². The first-order chi connectivity index (χ1) is 8.99. The lowest BCUT2D eigenvalue weighted by atomic mass is 10.1. The molecule has 1 amide bonds. The van der Waals surface area contributed by atoms with E-state index in [-0.39, 0.29) is 11.8 Å². The summed E-state index contributed by atoms with van der Waals surface area (Å²) in [6.45, 7) is 1.81. The van der Waals surface area contributed by atoms with Crippen molar-refractivity contribution < 1.29 is 9.90 Å². The molecule has 0 spiro atoms. The van der Waals surface area contributed by atoms with Crippen LogP contribution in [0.2, 0.25) is 5.02 Å². The van der Waals surface area contributed by atoms with E-state index in [1.807, 2.05) is 0 Å². The van der Waals surface area contributed by atoms with Gasteiger partial charge in [0, 0.05) is 10.2 Å². The lowest BCUT2D eigenvalue weighted by molar-refractivity contribution is -0.112. The van der Waals surface area contributed by atoms with Gasteiger partial charge < -0.3 is 10.1 Å². The van der Waals surface area contributed by atoms with Crippen molar-refractivity contribution in [2.24, 2.45) is 4.99 Å². The maximum Gasteiger partial charge on any atom is 0.279 e. The van der Waals surface area contributed by atoms with Crippen molar-refractivity contribution >= 4 is 46.6 Å². The highest BCUT2D eigenvalue weighted by Crippen LogP contribution is 2.29. The molecule has 1 aromatic carbocycles. The summed E-state index contributed by atoms with van der Waals surface area (Å²) in [4.78, 5) is 19.1. The molecule has 1 aliphatic heterocycles. The largest absolute Gasteiger partial charge is 0.494 e. The molecular formula is C12H7ClN2O2S2. The molecule has 96 valence electrons. The predicted octanol–water partition coefficient (Wildman–Crippen LogP) is 1.83. The van der Waals surface area contributed by atoms with Gasteiger partial charge in [0.2, 0.25) is 5.88 Å². The molecular weight excluding hydrogens is 304 g/mol. The number of hydrogen-bond donors (Lipinski definition) is 2. The molecule has 3 rings (SSSR count). The minimum absolute atomic E-state index is 0.103. The number of aromatic amines is 1. The van der Waals surface area contributed by atoms with E-state index in [2.05, 4.69) is 9.98 Å². The van der Waals surface area contributed by atoms with Crippen LogP contribution < -0.4 is 10.6 Å². The van der Waals surface area contributed by atoms with Gasteiger partial charge in [-0.1, -0.05) is 17.7 Å². The minimum atomic E-state index is -0.388. The van der Waals surface area contributed by atoms with Gasteiger partial charge in [0.15, 0.2) is 3.95 Å². The number of nitrogens with zero attached hydrogens (tertiary/aromatic N) is 1. The fraction of sp³-hybridized carbons (Fsp3) is 0.0833. The Morgan fingerprint density at radius 1 is 1.47 bits per heavy atom. The molecule has 0 saturated carbocycles. The molecule has 1 aliphatic rings. The van der Waals surface area contributed by atoms with Crippen molar-refractivity contribution in [2.45, 2.75) is 6.92 Å². The Balaban J connectivity index is 2.46. The van der Waals surface area contributed by atoms with Gasteiger partial charge in [0.25, 0.3) is 5.91 Å². The summed E-state index contributed by atoms with van der Waals surface area (Å²) in [6, 6.07) is 3.45. The molecule has 0 unspecified atom stereocenters. The second-order valence-corrected chi connectivity index (χ2v) is 6.15. The van der Waals surface area contributed by atoms with Gasteiger partial charge in [-0.2, -0.15) is 0 Å². The lowest BCUT2D eigenvalue weighted by Crippen LogP contribution is -2.26. The molecule has 7 heteroatoms. The van der Waals surface area contributed by atoms with Crippen molar-refractivity contribution in [3.05, 3.63) is 42.1 Å². The zero-order valence-corrected chi connectivity index (χ0v) is 12.0. The number of thiazole rings is 1. The molecule has 2 N–H and O–H groups in total. The third-order valence-electron chi connectivity index (χ3n) is 2.92. The van der Waals surface area contributed by atoms with Gasteiger partial charge in [-0.25, -0.2) is 4.99 Å². The number of aromatic hydroxyl groups is 1. The number of amides is 1. The number of benzene rings is 1. The topological polar surface area (TPSA) is 65.5 Å². The van der Waals surface area contributed by atoms with E-state index < -0.39 is 0 Å². The number of fused-ring (bicyclic) bond motifs is 1. The van der Waals surface area contributed by atoms with E-state index >= 15 is 0 Å². The number of rotatable bonds is 1. The molecule has 19 heavy (non-hydrogen) atoms. The van der Waals surface area contributed by atoms with E-state index in [0.717, 1.165) is 16.9 Å². The van der Waals surface area contributed by atoms with Crippen LogP contribution in [0.3, 0.4) is 0 Å². The Labute approximate surface area is 121 Å². The molecule has 2 aromatic rings. The highest BCUT2D eigenvalue weighted by Gasteiger charge is 2.24. The minimum Gasteiger partial charge on any atom is -0.494 e. The average molecular weight is 311 g/mol. The van der Waals surface area contributed by atoms with Gasteiger partial charge in [0.05, 0.1) is 10.9 Å². The van der Waals surface area contributed by atoms with Crippen molar-refractivity contribution in [1.29, 1.82) is 0 Å². The number of carbonyl (C=O) groups is 1. The first-order valence-corrected chi connectivity index (χ1v) is 6.94. The molecule has 1 aromatic heterocycles.